The Kier molecular flexibility index (Phi) is 11.0. The molecule has 0 saturated carbocycles. The first-order valence-corrected chi connectivity index (χ1v) is 18.6. The highest BCUT2D eigenvalue weighted by molar-refractivity contribution is 6.04. The van der Waals surface area contributed by atoms with Crippen molar-refractivity contribution >= 4 is 51.7 Å². The number of aromatic nitrogens is 6. The Morgan fingerprint density at radius 1 is 0.964 bits per heavy atom. The van der Waals surface area contributed by atoms with E-state index in [9.17, 15) is 14.4 Å². The molecule has 5 aromatic rings. The number of carbonyl (C=O) groups is 3. The van der Waals surface area contributed by atoms with Gasteiger partial charge in [-0.15, -0.1) is 0 Å². The van der Waals surface area contributed by atoms with Gasteiger partial charge in [-0.3, -0.25) is 29.3 Å². The lowest BCUT2D eigenvalue weighted by Gasteiger charge is -2.51. The highest BCUT2D eigenvalue weighted by Crippen LogP contribution is 2.33. The Bertz CT molecular complexity index is 2310. The van der Waals surface area contributed by atoms with E-state index in [-0.39, 0.29) is 23.7 Å². The number of amides is 3. The summed E-state index contributed by atoms with van der Waals surface area (Å²) in [6.45, 7) is 10.4. The number of methoxy groups -OCH3 is 1. The summed E-state index contributed by atoms with van der Waals surface area (Å²) in [4.78, 5) is 49.8. The van der Waals surface area contributed by atoms with Gasteiger partial charge < -0.3 is 45.4 Å². The summed E-state index contributed by atoms with van der Waals surface area (Å²) >= 11 is 0. The Morgan fingerprint density at radius 2 is 1.61 bits per heavy atom. The third-order valence-electron chi connectivity index (χ3n) is 10.1. The van der Waals surface area contributed by atoms with Crippen LogP contribution in [-0.4, -0.2) is 117 Å². The summed E-state index contributed by atoms with van der Waals surface area (Å²) in [5.74, 6) is 0.0676. The fourth-order valence-corrected chi connectivity index (χ4v) is 7.45. The summed E-state index contributed by atoms with van der Waals surface area (Å²) in [7, 11) is 3.26. The molecule has 0 unspecified atom stereocenters. The molecular formula is C38H48N12O6. The van der Waals surface area contributed by atoms with Gasteiger partial charge in [0.15, 0.2) is 0 Å². The highest BCUT2D eigenvalue weighted by atomic mass is 16.5. The summed E-state index contributed by atoms with van der Waals surface area (Å²) < 4.78 is 23.4. The summed E-state index contributed by atoms with van der Waals surface area (Å²) in [5.41, 5.74) is 15.1. The second kappa shape index (κ2) is 16.0. The smallest absolute Gasteiger partial charge is 0.276 e. The molecule has 2 aliphatic rings. The molecule has 56 heavy (non-hydrogen) atoms. The molecule has 2 aromatic carbocycles. The number of morpholine rings is 1. The summed E-state index contributed by atoms with van der Waals surface area (Å²) in [5, 5.41) is 13.9. The fourth-order valence-electron chi connectivity index (χ4n) is 7.45. The SMILES string of the molecule is CCn1nc(C)cc1C(=O)Nc1nc2cc(C(N)=O)cc(OC)c2n1C/C=C/Cn1c(NC)nc2cc(C(N)=O)cc(OCCCN3CC4(CNCCO4)C3)c21. The van der Waals surface area contributed by atoms with Crippen LogP contribution >= 0.6 is 0 Å². The maximum absolute atomic E-state index is 13.5. The summed E-state index contributed by atoms with van der Waals surface area (Å²) in [6.07, 6.45) is 4.65. The quantitative estimate of drug-likeness (QED) is 0.0720. The molecule has 1 spiro atoms. The van der Waals surface area contributed by atoms with Gasteiger partial charge >= 0.3 is 0 Å². The number of hydrogen-bond donors (Lipinski definition) is 5. The van der Waals surface area contributed by atoms with Gasteiger partial charge in [0.05, 0.1) is 37.1 Å². The number of primary amides is 2. The second-order valence-corrected chi connectivity index (χ2v) is 14.0. The van der Waals surface area contributed by atoms with E-state index >= 15 is 0 Å². The molecule has 7 rings (SSSR count). The molecule has 3 amide bonds. The largest absolute Gasteiger partial charge is 0.494 e. The van der Waals surface area contributed by atoms with Crippen molar-refractivity contribution in [3.05, 3.63) is 65.0 Å². The van der Waals surface area contributed by atoms with Crippen LogP contribution in [0.15, 0.2) is 42.5 Å². The van der Waals surface area contributed by atoms with E-state index in [1.54, 1.807) is 46.6 Å². The van der Waals surface area contributed by atoms with Gasteiger partial charge in [0, 0.05) is 70.5 Å². The lowest BCUT2D eigenvalue weighted by atomic mass is 9.92. The number of imidazole rings is 2. The Hall–Kier alpha value is -5.98. The van der Waals surface area contributed by atoms with Crippen LogP contribution in [0, 0.1) is 6.92 Å². The van der Waals surface area contributed by atoms with Crippen LogP contribution in [0.5, 0.6) is 11.5 Å². The number of ether oxygens (including phenoxy) is 3. The number of nitrogens with two attached hydrogens (primary N) is 2. The fraction of sp³-hybridized carbons (Fsp3) is 0.421. The molecule has 2 saturated heterocycles. The first-order chi connectivity index (χ1) is 27.0. The highest BCUT2D eigenvalue weighted by Gasteiger charge is 2.44. The lowest BCUT2D eigenvalue weighted by molar-refractivity contribution is -0.156. The number of carbonyl (C=O) groups excluding carboxylic acids is 3. The molecule has 0 aliphatic carbocycles. The number of allylic oxidation sites excluding steroid dienone is 2. The number of hydrogen-bond acceptors (Lipinski definition) is 12. The number of nitrogens with zero attached hydrogens (tertiary/aromatic N) is 7. The third kappa shape index (κ3) is 7.62. The molecule has 2 fully saturated rings. The van der Waals surface area contributed by atoms with Crippen LogP contribution in [0.1, 0.15) is 50.2 Å². The minimum absolute atomic E-state index is 0.0792. The van der Waals surface area contributed by atoms with Crippen LogP contribution in [0.4, 0.5) is 11.9 Å². The van der Waals surface area contributed by atoms with E-state index in [2.05, 4.69) is 30.9 Å². The topological polar surface area (TPSA) is 224 Å². The number of anilines is 2. The van der Waals surface area contributed by atoms with E-state index in [0.29, 0.717) is 76.2 Å². The molecule has 18 nitrogen and oxygen atoms in total. The van der Waals surface area contributed by atoms with Gasteiger partial charge in [-0.2, -0.15) is 5.10 Å². The number of likely N-dealkylation sites (tertiary alicyclic amines) is 1. The minimum Gasteiger partial charge on any atom is -0.494 e. The van der Waals surface area contributed by atoms with E-state index in [4.69, 9.17) is 30.7 Å². The molecule has 0 atom stereocenters. The molecule has 18 heteroatoms. The van der Waals surface area contributed by atoms with Gasteiger partial charge in [-0.1, -0.05) is 12.2 Å². The lowest BCUT2D eigenvalue weighted by Crippen LogP contribution is -2.69. The van der Waals surface area contributed by atoms with E-state index in [1.807, 2.05) is 30.6 Å². The van der Waals surface area contributed by atoms with Gasteiger partial charge in [0.25, 0.3) is 5.91 Å². The molecule has 0 bridgehead atoms. The van der Waals surface area contributed by atoms with Gasteiger partial charge in [-0.25, -0.2) is 9.97 Å². The van der Waals surface area contributed by atoms with Crippen molar-refractivity contribution in [1.82, 2.24) is 39.1 Å². The predicted octanol–water partition coefficient (Wildman–Crippen LogP) is 2.11. The van der Waals surface area contributed by atoms with E-state index in [1.165, 1.54) is 7.11 Å². The first-order valence-electron chi connectivity index (χ1n) is 18.6. The van der Waals surface area contributed by atoms with Gasteiger partial charge in [-0.05, 0) is 50.6 Å². The average molecular weight is 769 g/mol. The second-order valence-electron chi connectivity index (χ2n) is 14.0. The number of aryl methyl sites for hydroxylation is 2. The van der Waals surface area contributed by atoms with Gasteiger partial charge in [0.1, 0.15) is 33.8 Å². The molecule has 2 aliphatic heterocycles. The van der Waals surface area contributed by atoms with Crippen molar-refractivity contribution in [1.29, 1.82) is 0 Å². The molecule has 0 radical (unpaired) electrons. The van der Waals surface area contributed by atoms with Gasteiger partial charge in [0.2, 0.25) is 23.7 Å². The van der Waals surface area contributed by atoms with Crippen LogP contribution in [0.2, 0.25) is 0 Å². The Morgan fingerprint density at radius 3 is 2.21 bits per heavy atom. The monoisotopic (exact) mass is 768 g/mol. The normalized spacial score (nSPS) is 15.4. The number of rotatable bonds is 16. The standard InChI is InChI=1S/C38H48N12O6/c1-5-50-28(15-23(2)46-50)35(53)45-37-44-26-16-24(33(39)51)18-29(54-4)31(26)49(37)12-7-6-11-48-32-27(43-36(48)41-3)17-25(34(40)52)19-30(32)55-13-8-10-47-21-38(22-47)20-42-9-14-56-38/h6-7,15-19,42H,5,8-14,20-22H2,1-4H3,(H2,39,51)(H2,40,52)(H,41,43)(H,44,45,53)/b7-6+. The first kappa shape index (κ1) is 38.3. The third-order valence-corrected chi connectivity index (χ3v) is 10.1. The molecule has 296 valence electrons. The number of benzene rings is 2. The Labute approximate surface area is 323 Å². The van der Waals surface area contributed by atoms with Crippen molar-refractivity contribution in [3.63, 3.8) is 0 Å². The Balaban J connectivity index is 1.13. The average Bonchev–Trinajstić information content (AvgIpc) is 3.86. The summed E-state index contributed by atoms with van der Waals surface area (Å²) in [6, 6.07) is 8.15. The van der Waals surface area contributed by atoms with E-state index in [0.717, 1.165) is 45.8 Å². The number of nitrogens with one attached hydrogen (secondary N) is 3. The minimum atomic E-state index is -0.636. The zero-order valence-electron chi connectivity index (χ0n) is 32.1. The zero-order valence-corrected chi connectivity index (χ0v) is 32.1. The van der Waals surface area contributed by atoms with Crippen molar-refractivity contribution < 1.29 is 28.6 Å². The molecule has 3 aromatic heterocycles. The van der Waals surface area contributed by atoms with Crippen LogP contribution < -0.4 is 36.9 Å². The predicted molar refractivity (Wildman–Crippen MR) is 210 cm³/mol. The molecule has 5 heterocycles. The van der Waals surface area contributed by atoms with Crippen LogP contribution in [0.3, 0.4) is 0 Å². The maximum atomic E-state index is 13.5. The van der Waals surface area contributed by atoms with Crippen molar-refractivity contribution in [2.24, 2.45) is 11.5 Å². The van der Waals surface area contributed by atoms with Crippen molar-refractivity contribution in [2.45, 2.75) is 45.5 Å². The number of fused-ring (bicyclic) bond motifs is 2. The van der Waals surface area contributed by atoms with Crippen molar-refractivity contribution in [3.8, 4) is 11.5 Å². The maximum Gasteiger partial charge on any atom is 0.276 e. The van der Waals surface area contributed by atoms with Crippen LogP contribution in [-0.2, 0) is 24.4 Å². The van der Waals surface area contributed by atoms with E-state index < -0.39 is 17.7 Å². The van der Waals surface area contributed by atoms with Crippen molar-refractivity contribution in [2.75, 3.05) is 70.7 Å². The zero-order chi connectivity index (χ0) is 39.6. The van der Waals surface area contributed by atoms with Crippen LogP contribution in [0.25, 0.3) is 22.1 Å². The molecular weight excluding hydrogens is 720 g/mol. The molecule has 7 N–H and O–H groups in total.